The molecule has 9 nitrogen and oxygen atoms in total. The molecule has 1 N–H and O–H groups in total. The van der Waals surface area contributed by atoms with Gasteiger partial charge in [0.15, 0.2) is 18.1 Å². The van der Waals surface area contributed by atoms with Crippen molar-refractivity contribution in [3.63, 3.8) is 0 Å². The van der Waals surface area contributed by atoms with Crippen molar-refractivity contribution in [1.29, 1.82) is 0 Å². The third-order valence-corrected chi connectivity index (χ3v) is 3.70. The normalized spacial score (nSPS) is 14.2. The average molecular weight is 352 g/mol. The highest BCUT2D eigenvalue weighted by Gasteiger charge is 2.23. The van der Waals surface area contributed by atoms with Crippen LogP contribution < -0.4 is 14.8 Å². The molecule has 0 spiro atoms. The summed E-state index contributed by atoms with van der Waals surface area (Å²) in [6.07, 6.45) is 1.24. The number of carbonyl (C=O) groups is 2. The molecule has 0 fully saturated rings. The predicted octanol–water partition coefficient (Wildman–Crippen LogP) is 2.28. The standard InChI is InChI=1S/C16H20N2O7/c1-3-10(2)16(20)25-9-15(19)17-11-7-13-14(8-12(11)18(21)22)24-6-4-5-23-13/h7-8,10H,3-6,9H2,1-2H3,(H,17,19). The zero-order chi connectivity index (χ0) is 18.4. The molecular formula is C16H20N2O7. The van der Waals surface area contributed by atoms with E-state index < -0.39 is 23.4 Å². The van der Waals surface area contributed by atoms with Crippen LogP contribution in [-0.4, -0.2) is 36.6 Å². The second-order valence-corrected chi connectivity index (χ2v) is 5.59. The van der Waals surface area contributed by atoms with Gasteiger partial charge in [-0.1, -0.05) is 13.8 Å². The lowest BCUT2D eigenvalue weighted by Gasteiger charge is -2.12. The molecule has 136 valence electrons. The minimum Gasteiger partial charge on any atom is -0.489 e. The molecule has 1 heterocycles. The number of fused-ring (bicyclic) bond motifs is 1. The molecule has 2 rings (SSSR count). The van der Waals surface area contributed by atoms with Gasteiger partial charge in [0.25, 0.3) is 11.6 Å². The molecule has 9 heteroatoms. The Balaban J connectivity index is 2.12. The van der Waals surface area contributed by atoms with Crippen molar-refractivity contribution in [1.82, 2.24) is 0 Å². The van der Waals surface area contributed by atoms with Gasteiger partial charge in [0.05, 0.1) is 30.1 Å². The van der Waals surface area contributed by atoms with Crippen LogP contribution in [0.15, 0.2) is 12.1 Å². The van der Waals surface area contributed by atoms with Gasteiger partial charge in [-0.2, -0.15) is 0 Å². The third kappa shape index (κ3) is 4.82. The summed E-state index contributed by atoms with van der Waals surface area (Å²) in [7, 11) is 0. The average Bonchev–Trinajstić information content (AvgIpc) is 2.82. The van der Waals surface area contributed by atoms with Gasteiger partial charge in [0.2, 0.25) is 0 Å². The number of esters is 1. The zero-order valence-corrected chi connectivity index (χ0v) is 14.1. The van der Waals surface area contributed by atoms with Gasteiger partial charge < -0.3 is 19.5 Å². The van der Waals surface area contributed by atoms with Gasteiger partial charge >= 0.3 is 5.97 Å². The first-order chi connectivity index (χ1) is 11.9. The van der Waals surface area contributed by atoms with E-state index in [0.29, 0.717) is 31.8 Å². The van der Waals surface area contributed by atoms with E-state index in [-0.39, 0.29) is 23.0 Å². The monoisotopic (exact) mass is 352 g/mol. The van der Waals surface area contributed by atoms with Crippen LogP contribution in [0.3, 0.4) is 0 Å². The number of hydrogen-bond donors (Lipinski definition) is 1. The Bertz CT molecular complexity index is 675. The summed E-state index contributed by atoms with van der Waals surface area (Å²) in [5.74, 6) is -0.916. The molecular weight excluding hydrogens is 332 g/mol. The highest BCUT2D eigenvalue weighted by Crippen LogP contribution is 2.39. The lowest BCUT2D eigenvalue weighted by molar-refractivity contribution is -0.384. The second kappa shape index (κ2) is 8.32. The van der Waals surface area contributed by atoms with Gasteiger partial charge in [0, 0.05) is 12.5 Å². The number of rotatable bonds is 6. The van der Waals surface area contributed by atoms with Crippen LogP contribution in [0, 0.1) is 16.0 Å². The van der Waals surface area contributed by atoms with Crippen molar-refractivity contribution in [2.45, 2.75) is 26.7 Å². The van der Waals surface area contributed by atoms with Crippen LogP contribution in [0.2, 0.25) is 0 Å². The van der Waals surface area contributed by atoms with Crippen LogP contribution >= 0.6 is 0 Å². The largest absolute Gasteiger partial charge is 0.489 e. The highest BCUT2D eigenvalue weighted by molar-refractivity contribution is 5.95. The fourth-order valence-electron chi connectivity index (χ4n) is 2.08. The predicted molar refractivity (Wildman–Crippen MR) is 87.7 cm³/mol. The molecule has 1 aliphatic heterocycles. The fraction of sp³-hybridized carbons (Fsp3) is 0.500. The van der Waals surface area contributed by atoms with Crippen molar-refractivity contribution in [2.75, 3.05) is 25.1 Å². The van der Waals surface area contributed by atoms with Crippen LogP contribution in [0.5, 0.6) is 11.5 Å². The molecule has 1 atom stereocenters. The second-order valence-electron chi connectivity index (χ2n) is 5.59. The van der Waals surface area contributed by atoms with Gasteiger partial charge in [-0.3, -0.25) is 19.7 Å². The first-order valence-corrected chi connectivity index (χ1v) is 7.97. The first-order valence-electron chi connectivity index (χ1n) is 7.97. The van der Waals surface area contributed by atoms with Crippen molar-refractivity contribution in [2.24, 2.45) is 5.92 Å². The van der Waals surface area contributed by atoms with E-state index in [4.69, 9.17) is 14.2 Å². The number of anilines is 1. The summed E-state index contributed by atoms with van der Waals surface area (Å²) in [5, 5.41) is 13.6. The Morgan fingerprint density at radius 3 is 2.56 bits per heavy atom. The summed E-state index contributed by atoms with van der Waals surface area (Å²) in [6.45, 7) is 3.79. The summed E-state index contributed by atoms with van der Waals surface area (Å²) < 4.78 is 15.8. The molecule has 0 radical (unpaired) electrons. The minimum atomic E-state index is -0.672. The van der Waals surface area contributed by atoms with Gasteiger partial charge in [0.1, 0.15) is 5.69 Å². The summed E-state index contributed by atoms with van der Waals surface area (Å²) >= 11 is 0. The van der Waals surface area contributed by atoms with Gasteiger partial charge in [-0.25, -0.2) is 0 Å². The fourth-order valence-corrected chi connectivity index (χ4v) is 2.08. The van der Waals surface area contributed by atoms with Crippen LogP contribution in [0.4, 0.5) is 11.4 Å². The summed E-state index contributed by atoms with van der Waals surface area (Å²) in [6, 6.07) is 2.55. The Kier molecular flexibility index (Phi) is 6.15. The zero-order valence-electron chi connectivity index (χ0n) is 14.1. The minimum absolute atomic E-state index is 0.0427. The van der Waals surface area contributed by atoms with Crippen molar-refractivity contribution in [3.8, 4) is 11.5 Å². The topological polar surface area (TPSA) is 117 Å². The summed E-state index contributed by atoms with van der Waals surface area (Å²) in [4.78, 5) is 34.2. The number of hydrogen-bond acceptors (Lipinski definition) is 7. The van der Waals surface area contributed by atoms with E-state index in [1.54, 1.807) is 6.92 Å². The number of ether oxygens (including phenoxy) is 3. The molecule has 0 aromatic heterocycles. The van der Waals surface area contributed by atoms with Crippen LogP contribution in [0.1, 0.15) is 26.7 Å². The molecule has 1 amide bonds. The molecule has 1 aromatic carbocycles. The Morgan fingerprint density at radius 2 is 1.96 bits per heavy atom. The van der Waals surface area contributed by atoms with E-state index in [1.807, 2.05) is 6.92 Å². The van der Waals surface area contributed by atoms with E-state index in [0.717, 1.165) is 0 Å². The quantitative estimate of drug-likeness (QED) is 0.474. The van der Waals surface area contributed by atoms with Crippen molar-refractivity contribution in [3.05, 3.63) is 22.2 Å². The van der Waals surface area contributed by atoms with Gasteiger partial charge in [-0.05, 0) is 6.42 Å². The molecule has 0 aliphatic carbocycles. The lowest BCUT2D eigenvalue weighted by Crippen LogP contribution is -2.23. The number of benzene rings is 1. The van der Waals surface area contributed by atoms with E-state index in [9.17, 15) is 19.7 Å². The smallest absolute Gasteiger partial charge is 0.309 e. The molecule has 25 heavy (non-hydrogen) atoms. The molecule has 0 saturated carbocycles. The molecule has 0 saturated heterocycles. The number of carbonyl (C=O) groups excluding carboxylic acids is 2. The Morgan fingerprint density at radius 1 is 1.32 bits per heavy atom. The number of nitrogens with one attached hydrogen (secondary N) is 1. The van der Waals surface area contributed by atoms with Crippen molar-refractivity contribution < 1.29 is 28.7 Å². The maximum atomic E-state index is 12.0. The maximum Gasteiger partial charge on any atom is 0.309 e. The van der Waals surface area contributed by atoms with Crippen LogP contribution in [-0.2, 0) is 14.3 Å². The van der Waals surface area contributed by atoms with E-state index >= 15 is 0 Å². The van der Waals surface area contributed by atoms with E-state index in [1.165, 1.54) is 12.1 Å². The Hall–Kier alpha value is -2.84. The number of nitro benzene ring substituents is 1. The molecule has 1 aliphatic rings. The van der Waals surface area contributed by atoms with E-state index in [2.05, 4.69) is 5.32 Å². The van der Waals surface area contributed by atoms with Crippen molar-refractivity contribution >= 4 is 23.3 Å². The SMILES string of the molecule is CCC(C)C(=O)OCC(=O)Nc1cc2c(cc1[N+](=O)[O-])OCCCO2. The number of nitrogens with zero attached hydrogens (tertiary/aromatic N) is 1. The summed E-state index contributed by atoms with van der Waals surface area (Å²) in [5.41, 5.74) is -0.371. The number of amides is 1. The molecule has 1 aromatic rings. The van der Waals surface area contributed by atoms with Crippen LogP contribution in [0.25, 0.3) is 0 Å². The first kappa shape index (κ1) is 18.5. The molecule has 0 bridgehead atoms. The Labute approximate surface area is 144 Å². The third-order valence-electron chi connectivity index (χ3n) is 3.70. The van der Waals surface area contributed by atoms with Gasteiger partial charge in [-0.15, -0.1) is 0 Å². The maximum absolute atomic E-state index is 12.0. The highest BCUT2D eigenvalue weighted by atomic mass is 16.6. The molecule has 1 unspecified atom stereocenters. The number of nitro groups is 1. The lowest BCUT2D eigenvalue weighted by atomic mass is 10.1.